The second-order valence-corrected chi connectivity index (χ2v) is 9.36. The van der Waals surface area contributed by atoms with Crippen molar-refractivity contribution in [1.82, 2.24) is 14.8 Å². The fourth-order valence-electron chi connectivity index (χ4n) is 4.71. The Balaban J connectivity index is 1.05. The van der Waals surface area contributed by atoms with E-state index in [0.717, 1.165) is 61.5 Å². The van der Waals surface area contributed by atoms with Crippen LogP contribution in [-0.4, -0.2) is 35.3 Å². The van der Waals surface area contributed by atoms with Gasteiger partial charge < -0.3 is 19.4 Å². The molecule has 0 unspecified atom stereocenters. The van der Waals surface area contributed by atoms with Gasteiger partial charge in [-0.1, -0.05) is 6.07 Å². The highest BCUT2D eigenvalue weighted by molar-refractivity contribution is 5.76. The molecule has 1 saturated heterocycles. The number of hydrogen-bond donors (Lipinski definition) is 1. The van der Waals surface area contributed by atoms with Gasteiger partial charge in [0.25, 0.3) is 0 Å². The summed E-state index contributed by atoms with van der Waals surface area (Å²) in [5, 5.41) is 3.00. The molecule has 3 heterocycles. The summed E-state index contributed by atoms with van der Waals surface area (Å²) in [7, 11) is 0. The lowest BCUT2D eigenvalue weighted by molar-refractivity contribution is -0.137. The molecule has 0 aliphatic carbocycles. The van der Waals surface area contributed by atoms with Crippen LogP contribution in [0.25, 0.3) is 5.69 Å². The third kappa shape index (κ3) is 5.84. The Hall–Kier alpha value is -3.46. The number of rotatable bonds is 7. The van der Waals surface area contributed by atoms with Gasteiger partial charge in [-0.3, -0.25) is 9.69 Å². The van der Waals surface area contributed by atoms with E-state index in [1.165, 1.54) is 12.1 Å². The SMILES string of the molecule is O=C(CC1CCN(Cc2ccn(-c3ccc(C(F)(F)F)cc3)c2)CC1)NCc1ccc2c(c1)OCO2. The van der Waals surface area contributed by atoms with Crippen LogP contribution in [0.4, 0.5) is 13.2 Å². The molecule has 5 rings (SSSR count). The Morgan fingerprint density at radius 3 is 2.47 bits per heavy atom. The fourth-order valence-corrected chi connectivity index (χ4v) is 4.71. The number of halogens is 3. The summed E-state index contributed by atoms with van der Waals surface area (Å²) in [5.74, 6) is 1.85. The highest BCUT2D eigenvalue weighted by Crippen LogP contribution is 2.32. The molecule has 1 fully saturated rings. The number of carbonyl (C=O) groups is 1. The molecule has 9 heteroatoms. The normalized spacial score (nSPS) is 16.3. The van der Waals surface area contributed by atoms with Gasteiger partial charge >= 0.3 is 6.18 Å². The summed E-state index contributed by atoms with van der Waals surface area (Å²) >= 11 is 0. The number of carbonyl (C=O) groups excluding carboxylic acids is 1. The van der Waals surface area contributed by atoms with Crippen LogP contribution in [0.15, 0.2) is 60.9 Å². The predicted octanol–water partition coefficient (Wildman–Crippen LogP) is 5.14. The lowest BCUT2D eigenvalue weighted by Gasteiger charge is -2.31. The molecule has 6 nitrogen and oxygen atoms in total. The van der Waals surface area contributed by atoms with Gasteiger partial charge in [-0.05, 0) is 85.4 Å². The van der Waals surface area contributed by atoms with Crippen LogP contribution >= 0.6 is 0 Å². The van der Waals surface area contributed by atoms with Crippen molar-refractivity contribution in [2.24, 2.45) is 5.92 Å². The van der Waals surface area contributed by atoms with E-state index in [9.17, 15) is 18.0 Å². The predicted molar refractivity (Wildman–Crippen MR) is 128 cm³/mol. The van der Waals surface area contributed by atoms with E-state index in [-0.39, 0.29) is 12.7 Å². The Labute approximate surface area is 207 Å². The zero-order chi connectivity index (χ0) is 25.1. The molecule has 2 aliphatic heterocycles. The molecule has 1 N–H and O–H groups in total. The van der Waals surface area contributed by atoms with Crippen molar-refractivity contribution in [3.8, 4) is 17.2 Å². The zero-order valence-corrected chi connectivity index (χ0v) is 19.8. The van der Waals surface area contributed by atoms with E-state index in [1.54, 1.807) is 0 Å². The Morgan fingerprint density at radius 1 is 0.972 bits per heavy atom. The second kappa shape index (κ2) is 10.3. The van der Waals surface area contributed by atoms with Gasteiger partial charge in [0, 0.05) is 37.6 Å². The maximum absolute atomic E-state index is 12.8. The quantitative estimate of drug-likeness (QED) is 0.489. The summed E-state index contributed by atoms with van der Waals surface area (Å²) in [5.41, 5.74) is 2.13. The van der Waals surface area contributed by atoms with Crippen LogP contribution in [0.2, 0.25) is 0 Å². The molecule has 1 amide bonds. The highest BCUT2D eigenvalue weighted by Gasteiger charge is 2.30. The maximum Gasteiger partial charge on any atom is 0.416 e. The number of fused-ring (bicyclic) bond motifs is 1. The molecule has 2 aromatic carbocycles. The third-order valence-corrected chi connectivity index (χ3v) is 6.76. The van der Waals surface area contributed by atoms with Gasteiger partial charge in [0.05, 0.1) is 5.56 Å². The molecule has 36 heavy (non-hydrogen) atoms. The second-order valence-electron chi connectivity index (χ2n) is 9.36. The van der Waals surface area contributed by atoms with Gasteiger partial charge in [0.15, 0.2) is 11.5 Å². The summed E-state index contributed by atoms with van der Waals surface area (Å²) in [6, 6.07) is 12.8. The number of benzene rings is 2. The average Bonchev–Trinajstić information content (AvgIpc) is 3.53. The van der Waals surface area contributed by atoms with Gasteiger partial charge in [-0.15, -0.1) is 0 Å². The first-order chi connectivity index (χ1) is 17.3. The van der Waals surface area contributed by atoms with Crippen LogP contribution < -0.4 is 14.8 Å². The van der Waals surface area contributed by atoms with Crippen molar-refractivity contribution in [1.29, 1.82) is 0 Å². The van der Waals surface area contributed by atoms with Crippen molar-refractivity contribution >= 4 is 5.91 Å². The van der Waals surface area contributed by atoms with Crippen molar-refractivity contribution in [2.45, 2.75) is 38.5 Å². The lowest BCUT2D eigenvalue weighted by atomic mass is 9.93. The molecule has 0 spiro atoms. The summed E-state index contributed by atoms with van der Waals surface area (Å²) in [6.45, 7) is 3.28. The average molecular weight is 500 g/mol. The molecular weight excluding hydrogens is 471 g/mol. The van der Waals surface area contributed by atoms with Crippen molar-refractivity contribution in [3.63, 3.8) is 0 Å². The Morgan fingerprint density at radius 2 is 1.72 bits per heavy atom. The molecule has 1 aromatic heterocycles. The van der Waals surface area contributed by atoms with Crippen molar-refractivity contribution < 1.29 is 27.4 Å². The molecule has 0 radical (unpaired) electrons. The van der Waals surface area contributed by atoms with E-state index in [1.807, 2.05) is 41.2 Å². The lowest BCUT2D eigenvalue weighted by Crippen LogP contribution is -2.35. The fraction of sp³-hybridized carbons (Fsp3) is 0.370. The summed E-state index contributed by atoms with van der Waals surface area (Å²) in [4.78, 5) is 14.8. The Kier molecular flexibility index (Phi) is 6.91. The number of hydrogen-bond acceptors (Lipinski definition) is 4. The van der Waals surface area contributed by atoms with Gasteiger partial charge in [0.1, 0.15) is 0 Å². The van der Waals surface area contributed by atoms with E-state index in [4.69, 9.17) is 9.47 Å². The van der Waals surface area contributed by atoms with Gasteiger partial charge in [-0.25, -0.2) is 0 Å². The highest BCUT2D eigenvalue weighted by atomic mass is 19.4. The number of ether oxygens (including phenoxy) is 2. The number of piperidine rings is 1. The van der Waals surface area contributed by atoms with Gasteiger partial charge in [-0.2, -0.15) is 13.2 Å². The van der Waals surface area contributed by atoms with Gasteiger partial charge in [0.2, 0.25) is 12.7 Å². The number of likely N-dealkylation sites (tertiary alicyclic amines) is 1. The summed E-state index contributed by atoms with van der Waals surface area (Å²) < 4.78 is 50.9. The third-order valence-electron chi connectivity index (χ3n) is 6.76. The molecular formula is C27H28F3N3O3. The molecule has 0 bridgehead atoms. The molecule has 3 aromatic rings. The zero-order valence-electron chi connectivity index (χ0n) is 19.8. The minimum Gasteiger partial charge on any atom is -0.454 e. The Bertz CT molecular complexity index is 1200. The molecule has 190 valence electrons. The molecule has 2 aliphatic rings. The van der Waals surface area contributed by atoms with E-state index < -0.39 is 11.7 Å². The molecule has 0 atom stereocenters. The number of amides is 1. The van der Waals surface area contributed by atoms with Crippen LogP contribution in [0, 0.1) is 5.92 Å². The number of alkyl halides is 3. The van der Waals surface area contributed by atoms with E-state index >= 15 is 0 Å². The standard InChI is InChI=1S/C27H28F3N3O3/c28-27(29,30)22-2-4-23(5-3-22)33-12-9-21(17-33)16-32-10-7-19(8-11-32)14-26(34)31-15-20-1-6-24-25(13-20)36-18-35-24/h1-6,9,12-13,17,19H,7-8,10-11,14-16,18H2,(H,31,34). The largest absolute Gasteiger partial charge is 0.454 e. The van der Waals surface area contributed by atoms with E-state index in [2.05, 4.69) is 10.2 Å². The van der Waals surface area contributed by atoms with Crippen LogP contribution in [0.5, 0.6) is 11.5 Å². The monoisotopic (exact) mass is 499 g/mol. The van der Waals surface area contributed by atoms with Crippen LogP contribution in [0.1, 0.15) is 36.0 Å². The summed E-state index contributed by atoms with van der Waals surface area (Å²) in [6.07, 6.45) is 1.92. The minimum atomic E-state index is -4.33. The van der Waals surface area contributed by atoms with Crippen molar-refractivity contribution in [3.05, 3.63) is 77.6 Å². The first-order valence-corrected chi connectivity index (χ1v) is 12.1. The first-order valence-electron chi connectivity index (χ1n) is 12.1. The first kappa shape index (κ1) is 24.2. The number of nitrogens with zero attached hydrogens (tertiary/aromatic N) is 2. The number of nitrogens with one attached hydrogen (secondary N) is 1. The molecule has 0 saturated carbocycles. The van der Waals surface area contributed by atoms with Crippen molar-refractivity contribution in [2.75, 3.05) is 19.9 Å². The number of aromatic nitrogens is 1. The van der Waals surface area contributed by atoms with E-state index in [0.29, 0.717) is 30.3 Å². The van der Waals surface area contributed by atoms with Crippen LogP contribution in [-0.2, 0) is 24.1 Å². The van der Waals surface area contributed by atoms with Crippen LogP contribution in [0.3, 0.4) is 0 Å². The topological polar surface area (TPSA) is 55.7 Å². The minimum absolute atomic E-state index is 0.0553. The smallest absolute Gasteiger partial charge is 0.416 e. The maximum atomic E-state index is 12.8.